The van der Waals surface area contributed by atoms with Gasteiger partial charge in [0.15, 0.2) is 5.58 Å². The number of hydrogen-bond donors (Lipinski definition) is 1. The number of ether oxygens (including phenoxy) is 2. The normalized spacial score (nSPS) is 11.8. The van der Waals surface area contributed by atoms with Gasteiger partial charge in [-0.15, -0.1) is 13.2 Å². The van der Waals surface area contributed by atoms with Gasteiger partial charge < -0.3 is 18.5 Å². The van der Waals surface area contributed by atoms with E-state index in [4.69, 9.17) is 4.42 Å². The van der Waals surface area contributed by atoms with E-state index in [9.17, 15) is 22.4 Å². The number of benzene rings is 2. The lowest BCUT2D eigenvalue weighted by molar-refractivity contribution is -0.274. The lowest BCUT2D eigenvalue weighted by Gasteiger charge is -2.07. The van der Waals surface area contributed by atoms with Crippen LogP contribution in [0.15, 0.2) is 34.7 Å². The monoisotopic (exact) mass is 424 g/mol. The number of rotatable bonds is 4. The van der Waals surface area contributed by atoms with Gasteiger partial charge in [0.1, 0.15) is 17.1 Å². The number of fused-ring (bicyclic) bond motifs is 2. The first kappa shape index (κ1) is 19.5. The molecule has 4 rings (SSSR count). The van der Waals surface area contributed by atoms with Crippen LogP contribution in [0.4, 0.5) is 29.5 Å². The van der Waals surface area contributed by atoms with Crippen LogP contribution in [0.3, 0.4) is 0 Å². The molecule has 2 heterocycles. The molecule has 156 valence electrons. The van der Waals surface area contributed by atoms with E-state index in [-0.39, 0.29) is 28.6 Å². The molecule has 1 N–H and O–H groups in total. The smallest absolute Gasteiger partial charge is 0.465 e. The Morgan fingerprint density at radius 3 is 2.63 bits per heavy atom. The highest BCUT2D eigenvalue weighted by Gasteiger charge is 2.31. The minimum atomic E-state index is -4.83. The van der Waals surface area contributed by atoms with Crippen molar-refractivity contribution >= 4 is 40.1 Å². The molecule has 4 aromatic rings. The lowest BCUT2D eigenvalue weighted by atomic mass is 10.2. The molecule has 0 aliphatic carbocycles. The average Bonchev–Trinajstić information content (AvgIpc) is 3.20. The van der Waals surface area contributed by atoms with Crippen molar-refractivity contribution in [2.75, 3.05) is 12.4 Å². The molecule has 8 nitrogen and oxygen atoms in total. The molecule has 2 aromatic heterocycles. The standard InChI is InChI=1S/C18H12F4N4O4/c1-26-13-7-10(19)9(15(27)28-2)6-12(13)23-16(26)25-17-24-11-4-3-8(5-14(11)29-17)30-18(20,21)22/h3-7H,1-2H3,(H,23,24,25). The second-order valence-electron chi connectivity index (χ2n) is 6.13. The van der Waals surface area contributed by atoms with E-state index in [0.717, 1.165) is 25.3 Å². The zero-order valence-electron chi connectivity index (χ0n) is 15.4. The van der Waals surface area contributed by atoms with Gasteiger partial charge in [-0.1, -0.05) is 0 Å². The molecule has 0 bridgehead atoms. The Kier molecular flexibility index (Phi) is 4.48. The van der Waals surface area contributed by atoms with Gasteiger partial charge in [0, 0.05) is 19.2 Å². The number of methoxy groups -OCH3 is 1. The van der Waals surface area contributed by atoms with E-state index in [1.54, 1.807) is 7.05 Å². The highest BCUT2D eigenvalue weighted by Crippen LogP contribution is 2.30. The summed E-state index contributed by atoms with van der Waals surface area (Å²) in [7, 11) is 2.72. The van der Waals surface area contributed by atoms with Crippen LogP contribution in [-0.4, -0.2) is 34.0 Å². The summed E-state index contributed by atoms with van der Waals surface area (Å²) in [5.41, 5.74) is 0.744. The summed E-state index contributed by atoms with van der Waals surface area (Å²) in [5, 5.41) is 2.77. The van der Waals surface area contributed by atoms with E-state index >= 15 is 0 Å². The number of imidazole rings is 1. The number of aryl methyl sites for hydroxylation is 1. The summed E-state index contributed by atoms with van der Waals surface area (Å²) < 4.78 is 66.6. The fourth-order valence-corrected chi connectivity index (χ4v) is 2.84. The summed E-state index contributed by atoms with van der Waals surface area (Å²) in [6.07, 6.45) is -4.83. The number of esters is 1. The number of hydrogen-bond acceptors (Lipinski definition) is 7. The first-order valence-corrected chi connectivity index (χ1v) is 8.32. The number of halogens is 4. The maximum absolute atomic E-state index is 14.2. The van der Waals surface area contributed by atoms with Gasteiger partial charge in [-0.05, 0) is 18.2 Å². The van der Waals surface area contributed by atoms with E-state index in [0.29, 0.717) is 11.0 Å². The van der Waals surface area contributed by atoms with Crippen molar-refractivity contribution in [1.82, 2.24) is 14.5 Å². The van der Waals surface area contributed by atoms with Crippen molar-refractivity contribution in [2.45, 2.75) is 6.36 Å². The second kappa shape index (κ2) is 6.90. The number of carbonyl (C=O) groups excluding carboxylic acids is 1. The highest BCUT2D eigenvalue weighted by molar-refractivity contribution is 5.94. The van der Waals surface area contributed by atoms with Crippen molar-refractivity contribution in [3.05, 3.63) is 41.7 Å². The number of anilines is 2. The highest BCUT2D eigenvalue weighted by atomic mass is 19.4. The quantitative estimate of drug-likeness (QED) is 0.386. The molecule has 0 fully saturated rings. The summed E-state index contributed by atoms with van der Waals surface area (Å²) in [5.74, 6) is -1.87. The Morgan fingerprint density at radius 1 is 1.17 bits per heavy atom. The molecular formula is C18H12F4N4O4. The summed E-state index contributed by atoms with van der Waals surface area (Å²) >= 11 is 0. The predicted octanol–water partition coefficient (Wildman–Crippen LogP) is 4.28. The lowest BCUT2D eigenvalue weighted by Crippen LogP contribution is -2.16. The Bertz CT molecular complexity index is 1280. The van der Waals surface area contributed by atoms with Crippen LogP contribution in [0.1, 0.15) is 10.4 Å². The van der Waals surface area contributed by atoms with Gasteiger partial charge in [-0.2, -0.15) is 4.98 Å². The minimum Gasteiger partial charge on any atom is -0.465 e. The number of aromatic nitrogens is 3. The van der Waals surface area contributed by atoms with Crippen LogP contribution in [-0.2, 0) is 11.8 Å². The number of nitrogens with zero attached hydrogens (tertiary/aromatic N) is 3. The minimum absolute atomic E-state index is 0.0528. The zero-order valence-corrected chi connectivity index (χ0v) is 15.4. The molecule has 30 heavy (non-hydrogen) atoms. The predicted molar refractivity (Wildman–Crippen MR) is 96.0 cm³/mol. The van der Waals surface area contributed by atoms with Gasteiger partial charge in [0.2, 0.25) is 5.95 Å². The Balaban J connectivity index is 1.67. The van der Waals surface area contributed by atoms with Crippen molar-refractivity contribution in [1.29, 1.82) is 0 Å². The molecule has 0 atom stereocenters. The second-order valence-corrected chi connectivity index (χ2v) is 6.13. The zero-order chi connectivity index (χ0) is 21.6. The van der Waals surface area contributed by atoms with Crippen molar-refractivity contribution in [3.63, 3.8) is 0 Å². The number of oxazole rings is 1. The Hall–Kier alpha value is -3.83. The van der Waals surface area contributed by atoms with Gasteiger partial charge in [-0.25, -0.2) is 14.2 Å². The molecule has 0 unspecified atom stereocenters. The molecule has 0 spiro atoms. The van der Waals surface area contributed by atoms with E-state index in [1.807, 2.05) is 0 Å². The van der Waals surface area contributed by atoms with Crippen molar-refractivity contribution in [2.24, 2.45) is 7.05 Å². The van der Waals surface area contributed by atoms with Crippen LogP contribution >= 0.6 is 0 Å². The van der Waals surface area contributed by atoms with Gasteiger partial charge in [0.05, 0.1) is 23.7 Å². The largest absolute Gasteiger partial charge is 0.573 e. The SMILES string of the molecule is COC(=O)c1cc2nc(Nc3nc4ccc(OC(F)(F)F)cc4o3)n(C)c2cc1F. The summed E-state index contributed by atoms with van der Waals surface area (Å²) in [6, 6.07) is 5.78. The van der Waals surface area contributed by atoms with Gasteiger partial charge in [-0.3, -0.25) is 5.32 Å². The molecule has 0 saturated heterocycles. The summed E-state index contributed by atoms with van der Waals surface area (Å²) in [6.45, 7) is 0. The molecule has 0 radical (unpaired) electrons. The first-order valence-electron chi connectivity index (χ1n) is 8.32. The number of carbonyl (C=O) groups is 1. The van der Waals surface area contributed by atoms with E-state index < -0.39 is 23.9 Å². The molecule has 0 saturated carbocycles. The third-order valence-electron chi connectivity index (χ3n) is 4.19. The van der Waals surface area contributed by atoms with Crippen LogP contribution in [0.2, 0.25) is 0 Å². The molecule has 2 aromatic carbocycles. The van der Waals surface area contributed by atoms with Crippen molar-refractivity contribution < 1.29 is 36.2 Å². The van der Waals surface area contributed by atoms with Crippen LogP contribution in [0.5, 0.6) is 5.75 Å². The third-order valence-corrected chi connectivity index (χ3v) is 4.19. The molecule has 12 heteroatoms. The van der Waals surface area contributed by atoms with Crippen LogP contribution in [0.25, 0.3) is 22.1 Å². The number of nitrogens with one attached hydrogen (secondary N) is 1. The number of alkyl halides is 3. The molecular weight excluding hydrogens is 412 g/mol. The molecule has 0 aliphatic heterocycles. The van der Waals surface area contributed by atoms with Gasteiger partial charge >= 0.3 is 18.3 Å². The Labute approximate surface area is 165 Å². The van der Waals surface area contributed by atoms with Crippen molar-refractivity contribution in [3.8, 4) is 5.75 Å². The third kappa shape index (κ3) is 3.58. The maximum Gasteiger partial charge on any atom is 0.573 e. The Morgan fingerprint density at radius 2 is 1.93 bits per heavy atom. The first-order chi connectivity index (χ1) is 14.1. The van der Waals surface area contributed by atoms with Crippen LogP contribution < -0.4 is 10.1 Å². The van der Waals surface area contributed by atoms with E-state index in [1.165, 1.54) is 16.7 Å². The fourth-order valence-electron chi connectivity index (χ4n) is 2.84. The van der Waals surface area contributed by atoms with Crippen LogP contribution in [0, 0.1) is 5.82 Å². The summed E-state index contributed by atoms with van der Waals surface area (Å²) in [4.78, 5) is 20.0. The van der Waals surface area contributed by atoms with Gasteiger partial charge in [0.25, 0.3) is 0 Å². The molecule has 0 amide bonds. The van der Waals surface area contributed by atoms with E-state index in [2.05, 4.69) is 24.8 Å². The molecule has 0 aliphatic rings. The maximum atomic E-state index is 14.2. The average molecular weight is 424 g/mol. The topological polar surface area (TPSA) is 91.4 Å². The fraction of sp³-hybridized carbons (Fsp3) is 0.167.